The first kappa shape index (κ1) is 13.3. The number of aromatic amines is 1. The zero-order chi connectivity index (χ0) is 14.5. The van der Waals surface area contributed by atoms with Gasteiger partial charge in [0.2, 0.25) is 0 Å². The van der Waals surface area contributed by atoms with E-state index in [0.717, 1.165) is 11.3 Å². The Balaban J connectivity index is 1.82. The van der Waals surface area contributed by atoms with E-state index < -0.39 is 6.10 Å². The molecule has 0 fully saturated rings. The summed E-state index contributed by atoms with van der Waals surface area (Å²) in [4.78, 5) is 0. The molecule has 0 aliphatic heterocycles. The van der Waals surface area contributed by atoms with Crippen LogP contribution in [-0.2, 0) is 6.42 Å². The van der Waals surface area contributed by atoms with Crippen LogP contribution in [0.25, 0.3) is 0 Å². The van der Waals surface area contributed by atoms with E-state index >= 15 is 0 Å². The van der Waals surface area contributed by atoms with Crippen LogP contribution in [-0.4, -0.2) is 20.5 Å². The molecule has 5 nitrogen and oxygen atoms in total. The molecule has 0 radical (unpaired) electrons. The van der Waals surface area contributed by atoms with Gasteiger partial charge in [-0.2, -0.15) is 15.4 Å². The van der Waals surface area contributed by atoms with E-state index in [9.17, 15) is 5.11 Å². The summed E-state index contributed by atoms with van der Waals surface area (Å²) in [7, 11) is 0. The number of ether oxygens (including phenoxy) is 1. The number of aliphatic hydroxyl groups is 1. The summed E-state index contributed by atoms with van der Waals surface area (Å²) >= 11 is 0. The number of aliphatic hydroxyl groups excluding tert-OH is 1. The first-order valence-electron chi connectivity index (χ1n) is 6.67. The smallest absolute Gasteiger partial charge is 0.133 e. The highest BCUT2D eigenvalue weighted by atomic mass is 16.5. The van der Waals surface area contributed by atoms with Crippen LogP contribution in [0, 0.1) is 0 Å². The summed E-state index contributed by atoms with van der Waals surface area (Å²) in [6.45, 7) is 0. The standard InChI is InChI=1S/C16H15N3O2/c20-15(10-12-11-17-19-18-12)14-8-4-5-9-16(14)21-13-6-2-1-3-7-13/h1-9,11,15,20H,10H2,(H,17,18,19). The number of benzene rings is 2. The number of aromatic nitrogens is 3. The molecule has 0 aliphatic carbocycles. The lowest BCUT2D eigenvalue weighted by molar-refractivity contribution is 0.174. The zero-order valence-corrected chi connectivity index (χ0v) is 11.3. The molecule has 3 rings (SSSR count). The molecule has 0 saturated carbocycles. The number of hydrogen-bond donors (Lipinski definition) is 2. The molecule has 2 aromatic carbocycles. The Kier molecular flexibility index (Phi) is 3.93. The Morgan fingerprint density at radius 3 is 2.57 bits per heavy atom. The Labute approximate surface area is 122 Å². The van der Waals surface area contributed by atoms with E-state index in [4.69, 9.17) is 4.74 Å². The van der Waals surface area contributed by atoms with Gasteiger partial charge in [-0.05, 0) is 18.2 Å². The van der Waals surface area contributed by atoms with Gasteiger partial charge >= 0.3 is 0 Å². The number of nitrogens with zero attached hydrogens (tertiary/aromatic N) is 2. The number of para-hydroxylation sites is 2. The third kappa shape index (κ3) is 3.27. The molecule has 3 aromatic rings. The molecule has 1 aromatic heterocycles. The predicted octanol–water partition coefficient (Wildman–Crippen LogP) is 2.87. The monoisotopic (exact) mass is 281 g/mol. The highest BCUT2D eigenvalue weighted by Crippen LogP contribution is 2.30. The number of rotatable bonds is 5. The van der Waals surface area contributed by atoms with Crippen LogP contribution in [0.3, 0.4) is 0 Å². The summed E-state index contributed by atoms with van der Waals surface area (Å²) in [5.74, 6) is 1.37. The quantitative estimate of drug-likeness (QED) is 0.754. The minimum Gasteiger partial charge on any atom is -0.457 e. The maximum Gasteiger partial charge on any atom is 0.133 e. The van der Waals surface area contributed by atoms with Crippen LogP contribution in [0.5, 0.6) is 11.5 Å². The van der Waals surface area contributed by atoms with Crippen molar-refractivity contribution in [1.82, 2.24) is 15.4 Å². The van der Waals surface area contributed by atoms with Crippen molar-refractivity contribution in [3.8, 4) is 11.5 Å². The molecule has 0 amide bonds. The fourth-order valence-electron chi connectivity index (χ4n) is 2.10. The molecule has 2 N–H and O–H groups in total. The van der Waals surface area contributed by atoms with Crippen molar-refractivity contribution in [2.75, 3.05) is 0 Å². The Hall–Kier alpha value is -2.66. The molecule has 21 heavy (non-hydrogen) atoms. The number of H-pyrrole nitrogens is 1. The summed E-state index contributed by atoms with van der Waals surface area (Å²) in [5, 5.41) is 20.6. The predicted molar refractivity (Wildman–Crippen MR) is 78.0 cm³/mol. The van der Waals surface area contributed by atoms with E-state index in [2.05, 4.69) is 15.4 Å². The lowest BCUT2D eigenvalue weighted by Crippen LogP contribution is -2.04. The Bertz CT molecular complexity index is 684. The molecule has 0 bridgehead atoms. The second-order valence-corrected chi connectivity index (χ2v) is 4.63. The normalized spacial score (nSPS) is 12.0. The molecule has 0 aliphatic rings. The maximum atomic E-state index is 10.4. The zero-order valence-electron chi connectivity index (χ0n) is 11.3. The van der Waals surface area contributed by atoms with E-state index in [0.29, 0.717) is 17.9 Å². The molecule has 1 unspecified atom stereocenters. The van der Waals surface area contributed by atoms with Crippen molar-refractivity contribution < 1.29 is 9.84 Å². The summed E-state index contributed by atoms with van der Waals surface area (Å²) < 4.78 is 5.85. The van der Waals surface area contributed by atoms with Crippen molar-refractivity contribution in [2.45, 2.75) is 12.5 Å². The van der Waals surface area contributed by atoms with Gasteiger partial charge in [0, 0.05) is 12.0 Å². The molecule has 5 heteroatoms. The van der Waals surface area contributed by atoms with Crippen molar-refractivity contribution in [3.63, 3.8) is 0 Å². The first-order valence-corrected chi connectivity index (χ1v) is 6.67. The fourth-order valence-corrected chi connectivity index (χ4v) is 2.10. The van der Waals surface area contributed by atoms with Gasteiger partial charge in [0.05, 0.1) is 18.0 Å². The van der Waals surface area contributed by atoms with Crippen LogP contribution >= 0.6 is 0 Å². The van der Waals surface area contributed by atoms with Gasteiger partial charge in [-0.15, -0.1) is 0 Å². The van der Waals surface area contributed by atoms with E-state index in [-0.39, 0.29) is 0 Å². The van der Waals surface area contributed by atoms with E-state index in [1.807, 2.05) is 54.6 Å². The highest BCUT2D eigenvalue weighted by Gasteiger charge is 2.15. The minimum absolute atomic E-state index is 0.381. The lowest BCUT2D eigenvalue weighted by Gasteiger charge is -2.15. The second-order valence-electron chi connectivity index (χ2n) is 4.63. The fraction of sp³-hybridized carbons (Fsp3) is 0.125. The van der Waals surface area contributed by atoms with Crippen molar-refractivity contribution >= 4 is 0 Å². The topological polar surface area (TPSA) is 71.0 Å². The SMILES string of the molecule is OC(Cc1cn[nH]n1)c1ccccc1Oc1ccccc1. The van der Waals surface area contributed by atoms with Gasteiger partial charge in [-0.1, -0.05) is 36.4 Å². The van der Waals surface area contributed by atoms with E-state index in [1.165, 1.54) is 0 Å². The first-order chi connectivity index (χ1) is 10.3. The van der Waals surface area contributed by atoms with Crippen LogP contribution in [0.1, 0.15) is 17.4 Å². The van der Waals surface area contributed by atoms with Gasteiger partial charge < -0.3 is 9.84 Å². The van der Waals surface area contributed by atoms with Gasteiger partial charge in [0.15, 0.2) is 0 Å². The molecular weight excluding hydrogens is 266 g/mol. The van der Waals surface area contributed by atoms with Gasteiger partial charge in [-0.3, -0.25) is 0 Å². The van der Waals surface area contributed by atoms with Crippen molar-refractivity contribution in [1.29, 1.82) is 0 Å². The van der Waals surface area contributed by atoms with Crippen LogP contribution in [0.2, 0.25) is 0 Å². The third-order valence-electron chi connectivity index (χ3n) is 3.12. The number of nitrogens with one attached hydrogen (secondary N) is 1. The van der Waals surface area contributed by atoms with Crippen LogP contribution < -0.4 is 4.74 Å². The van der Waals surface area contributed by atoms with Crippen molar-refractivity contribution in [3.05, 3.63) is 72.1 Å². The molecular formula is C16H15N3O2. The van der Waals surface area contributed by atoms with Gasteiger partial charge in [-0.25, -0.2) is 0 Å². The summed E-state index contributed by atoms with van der Waals surface area (Å²) in [6.07, 6.45) is 1.28. The van der Waals surface area contributed by atoms with Crippen LogP contribution in [0.4, 0.5) is 0 Å². The molecule has 106 valence electrons. The molecule has 1 heterocycles. The van der Waals surface area contributed by atoms with Gasteiger partial charge in [0.1, 0.15) is 11.5 Å². The van der Waals surface area contributed by atoms with Gasteiger partial charge in [0.25, 0.3) is 0 Å². The van der Waals surface area contributed by atoms with Crippen LogP contribution in [0.15, 0.2) is 60.8 Å². The Morgan fingerprint density at radius 1 is 1.05 bits per heavy atom. The second kappa shape index (κ2) is 6.19. The summed E-state index contributed by atoms with van der Waals surface area (Å²) in [5.41, 5.74) is 1.43. The summed E-state index contributed by atoms with van der Waals surface area (Å²) in [6, 6.07) is 16.9. The number of hydrogen-bond acceptors (Lipinski definition) is 4. The van der Waals surface area contributed by atoms with E-state index in [1.54, 1.807) is 6.20 Å². The maximum absolute atomic E-state index is 10.4. The van der Waals surface area contributed by atoms with Crippen molar-refractivity contribution in [2.24, 2.45) is 0 Å². The molecule has 1 atom stereocenters. The largest absolute Gasteiger partial charge is 0.457 e. The average molecular weight is 281 g/mol. The molecule has 0 spiro atoms. The lowest BCUT2D eigenvalue weighted by atomic mass is 10.0. The highest BCUT2D eigenvalue weighted by molar-refractivity contribution is 5.39. The third-order valence-corrected chi connectivity index (χ3v) is 3.12. The molecule has 0 saturated heterocycles. The Morgan fingerprint density at radius 2 is 1.81 bits per heavy atom. The minimum atomic E-state index is -0.699. The average Bonchev–Trinajstić information content (AvgIpc) is 3.02.